The van der Waals surface area contributed by atoms with Crippen LogP contribution in [0.5, 0.6) is 5.75 Å². The smallest absolute Gasteiger partial charge is 0.125 e. The van der Waals surface area contributed by atoms with Crippen LogP contribution in [0.25, 0.3) is 0 Å². The average Bonchev–Trinajstić information content (AvgIpc) is 2.18. The Bertz CT molecular complexity index is 343. The highest BCUT2D eigenvalue weighted by Gasteiger charge is 2.29. The van der Waals surface area contributed by atoms with Gasteiger partial charge in [0.15, 0.2) is 0 Å². The summed E-state index contributed by atoms with van der Waals surface area (Å²) >= 11 is 6.04. The molecular formula is C10H12ClNO2. The summed E-state index contributed by atoms with van der Waals surface area (Å²) in [6.45, 7) is 0.477. The van der Waals surface area contributed by atoms with E-state index in [1.807, 2.05) is 18.2 Å². The standard InChI is InChI=1S/C10H12ClNO2/c1-13-8-5-14-7-4-2-3-6(11)9(7)10(8)12/h2-4,8,10H,5,12H2,1H3. The van der Waals surface area contributed by atoms with Gasteiger partial charge in [0, 0.05) is 17.7 Å². The molecule has 1 aromatic carbocycles. The van der Waals surface area contributed by atoms with Crippen LogP contribution in [0.1, 0.15) is 11.6 Å². The monoisotopic (exact) mass is 213 g/mol. The predicted molar refractivity (Wildman–Crippen MR) is 54.7 cm³/mol. The third-order valence-electron chi connectivity index (χ3n) is 2.45. The highest BCUT2D eigenvalue weighted by atomic mass is 35.5. The van der Waals surface area contributed by atoms with Crippen LogP contribution in [0.2, 0.25) is 5.02 Å². The summed E-state index contributed by atoms with van der Waals surface area (Å²) in [5.74, 6) is 0.762. The van der Waals surface area contributed by atoms with Gasteiger partial charge in [0.1, 0.15) is 18.5 Å². The van der Waals surface area contributed by atoms with Gasteiger partial charge in [-0.25, -0.2) is 0 Å². The highest BCUT2D eigenvalue weighted by Crippen LogP contribution is 2.36. The number of hydrogen-bond donors (Lipinski definition) is 1. The maximum absolute atomic E-state index is 6.04. The SMILES string of the molecule is COC1COc2cccc(Cl)c2C1N. The second kappa shape index (κ2) is 3.77. The van der Waals surface area contributed by atoms with Gasteiger partial charge in [-0.1, -0.05) is 17.7 Å². The van der Waals surface area contributed by atoms with Gasteiger partial charge in [-0.05, 0) is 12.1 Å². The van der Waals surface area contributed by atoms with Gasteiger partial charge in [-0.3, -0.25) is 0 Å². The Hall–Kier alpha value is -0.770. The summed E-state index contributed by atoms with van der Waals surface area (Å²) in [4.78, 5) is 0. The van der Waals surface area contributed by atoms with Gasteiger partial charge in [0.05, 0.1) is 6.04 Å². The van der Waals surface area contributed by atoms with Crippen molar-refractivity contribution < 1.29 is 9.47 Å². The minimum Gasteiger partial charge on any atom is -0.490 e. The van der Waals surface area contributed by atoms with E-state index in [1.54, 1.807) is 7.11 Å². The summed E-state index contributed by atoms with van der Waals surface area (Å²) in [6, 6.07) is 5.31. The zero-order chi connectivity index (χ0) is 10.1. The molecule has 1 aliphatic rings. The van der Waals surface area contributed by atoms with Crippen molar-refractivity contribution in [3.63, 3.8) is 0 Å². The highest BCUT2D eigenvalue weighted by molar-refractivity contribution is 6.31. The number of ether oxygens (including phenoxy) is 2. The van der Waals surface area contributed by atoms with Crippen molar-refractivity contribution in [2.75, 3.05) is 13.7 Å². The summed E-state index contributed by atoms with van der Waals surface area (Å²) in [6.07, 6.45) is -0.123. The number of hydrogen-bond acceptors (Lipinski definition) is 3. The zero-order valence-electron chi connectivity index (χ0n) is 7.87. The largest absolute Gasteiger partial charge is 0.490 e. The Morgan fingerprint density at radius 3 is 3.07 bits per heavy atom. The van der Waals surface area contributed by atoms with Crippen LogP contribution in [-0.2, 0) is 4.74 Å². The van der Waals surface area contributed by atoms with Crippen molar-refractivity contribution >= 4 is 11.6 Å². The molecule has 0 radical (unpaired) electrons. The second-order valence-corrected chi connectivity index (χ2v) is 3.67. The van der Waals surface area contributed by atoms with E-state index in [9.17, 15) is 0 Å². The first-order valence-corrected chi connectivity index (χ1v) is 4.81. The van der Waals surface area contributed by atoms with Gasteiger partial charge < -0.3 is 15.2 Å². The van der Waals surface area contributed by atoms with E-state index in [-0.39, 0.29) is 12.1 Å². The van der Waals surface area contributed by atoms with Crippen molar-refractivity contribution in [3.05, 3.63) is 28.8 Å². The van der Waals surface area contributed by atoms with Crippen LogP contribution in [0, 0.1) is 0 Å². The topological polar surface area (TPSA) is 44.5 Å². The molecule has 0 aliphatic carbocycles. The van der Waals surface area contributed by atoms with Gasteiger partial charge in [0.2, 0.25) is 0 Å². The number of fused-ring (bicyclic) bond motifs is 1. The maximum Gasteiger partial charge on any atom is 0.125 e. The number of methoxy groups -OCH3 is 1. The molecule has 0 saturated heterocycles. The lowest BCUT2D eigenvalue weighted by Gasteiger charge is -2.30. The summed E-state index contributed by atoms with van der Waals surface area (Å²) in [5, 5.41) is 0.636. The molecule has 0 bridgehead atoms. The number of halogens is 1. The first-order chi connectivity index (χ1) is 6.74. The zero-order valence-corrected chi connectivity index (χ0v) is 8.62. The molecule has 4 heteroatoms. The van der Waals surface area contributed by atoms with Gasteiger partial charge in [-0.15, -0.1) is 0 Å². The lowest BCUT2D eigenvalue weighted by atomic mass is 9.99. The van der Waals surface area contributed by atoms with Crippen molar-refractivity contribution in [2.45, 2.75) is 12.1 Å². The van der Waals surface area contributed by atoms with E-state index >= 15 is 0 Å². The first-order valence-electron chi connectivity index (χ1n) is 4.43. The molecular weight excluding hydrogens is 202 g/mol. The number of nitrogens with two attached hydrogens (primary N) is 1. The average molecular weight is 214 g/mol. The molecule has 2 unspecified atom stereocenters. The minimum atomic E-state index is -0.211. The summed E-state index contributed by atoms with van der Waals surface area (Å²) < 4.78 is 10.7. The van der Waals surface area contributed by atoms with E-state index in [0.29, 0.717) is 11.6 Å². The Labute approximate surface area is 87.8 Å². The van der Waals surface area contributed by atoms with Gasteiger partial charge >= 0.3 is 0 Å². The van der Waals surface area contributed by atoms with Crippen LogP contribution >= 0.6 is 11.6 Å². The Kier molecular flexibility index (Phi) is 2.63. The lowest BCUT2D eigenvalue weighted by molar-refractivity contribution is 0.0260. The van der Waals surface area contributed by atoms with Crippen LogP contribution < -0.4 is 10.5 Å². The van der Waals surface area contributed by atoms with Gasteiger partial charge in [-0.2, -0.15) is 0 Å². The van der Waals surface area contributed by atoms with Crippen molar-refractivity contribution in [2.24, 2.45) is 5.73 Å². The van der Waals surface area contributed by atoms with Gasteiger partial charge in [0.25, 0.3) is 0 Å². The Balaban J connectivity index is 2.43. The fraction of sp³-hybridized carbons (Fsp3) is 0.400. The molecule has 2 rings (SSSR count). The van der Waals surface area contributed by atoms with E-state index in [0.717, 1.165) is 11.3 Å². The molecule has 1 aromatic rings. The summed E-state index contributed by atoms with van der Waals surface area (Å²) in [5.41, 5.74) is 6.85. The molecule has 76 valence electrons. The van der Waals surface area contributed by atoms with Crippen LogP contribution in [-0.4, -0.2) is 19.8 Å². The molecule has 0 saturated carbocycles. The fourth-order valence-corrected chi connectivity index (χ4v) is 1.93. The molecule has 1 heterocycles. The quantitative estimate of drug-likeness (QED) is 0.773. The first kappa shape index (κ1) is 9.77. The van der Waals surface area contributed by atoms with Crippen molar-refractivity contribution in [3.8, 4) is 5.75 Å². The number of benzene rings is 1. The normalized spacial score (nSPS) is 25.4. The molecule has 0 amide bonds. The fourth-order valence-electron chi connectivity index (χ4n) is 1.64. The molecule has 0 aromatic heterocycles. The Morgan fingerprint density at radius 1 is 1.57 bits per heavy atom. The van der Waals surface area contributed by atoms with E-state index < -0.39 is 0 Å². The van der Waals surface area contributed by atoms with Crippen LogP contribution in [0.4, 0.5) is 0 Å². The Morgan fingerprint density at radius 2 is 2.36 bits per heavy atom. The number of rotatable bonds is 1. The molecule has 3 nitrogen and oxygen atoms in total. The lowest BCUT2D eigenvalue weighted by Crippen LogP contribution is -2.37. The second-order valence-electron chi connectivity index (χ2n) is 3.26. The molecule has 0 fully saturated rings. The molecule has 1 aliphatic heterocycles. The maximum atomic E-state index is 6.04. The molecule has 14 heavy (non-hydrogen) atoms. The van der Waals surface area contributed by atoms with E-state index in [1.165, 1.54) is 0 Å². The minimum absolute atomic E-state index is 0.123. The van der Waals surface area contributed by atoms with Crippen LogP contribution in [0.3, 0.4) is 0 Å². The molecule has 0 spiro atoms. The molecule has 2 N–H and O–H groups in total. The third-order valence-corrected chi connectivity index (χ3v) is 2.78. The summed E-state index contributed by atoms with van der Waals surface area (Å²) in [7, 11) is 1.62. The van der Waals surface area contributed by atoms with E-state index in [4.69, 9.17) is 26.8 Å². The van der Waals surface area contributed by atoms with Crippen LogP contribution in [0.15, 0.2) is 18.2 Å². The van der Waals surface area contributed by atoms with Crippen molar-refractivity contribution in [1.82, 2.24) is 0 Å². The van der Waals surface area contributed by atoms with E-state index in [2.05, 4.69) is 0 Å². The predicted octanol–water partition coefficient (Wildman–Crippen LogP) is 1.75. The van der Waals surface area contributed by atoms with Crippen molar-refractivity contribution in [1.29, 1.82) is 0 Å². The molecule has 2 atom stereocenters. The third kappa shape index (κ3) is 1.47.